The highest BCUT2D eigenvalue weighted by Crippen LogP contribution is 2.37. The molecule has 12 heteroatoms. The van der Waals surface area contributed by atoms with Crippen molar-refractivity contribution in [1.82, 2.24) is 4.98 Å². The molecule has 2 heterocycles. The van der Waals surface area contributed by atoms with E-state index in [1.54, 1.807) is 0 Å². The number of hydrogen-bond donors (Lipinski definition) is 2. The number of rotatable bonds is 5. The number of halogens is 6. The third-order valence-electron chi connectivity index (χ3n) is 5.66. The fourth-order valence-corrected chi connectivity index (χ4v) is 3.99. The normalized spacial score (nSPS) is 12.5. The summed E-state index contributed by atoms with van der Waals surface area (Å²) in [4.78, 5) is 28.5. The molecule has 0 aliphatic carbocycles. The minimum Gasteiger partial charge on any atom is -0.476 e. The summed E-state index contributed by atoms with van der Waals surface area (Å²) in [5.74, 6) is -3.94. The van der Waals surface area contributed by atoms with Crippen LogP contribution in [0.15, 0.2) is 51.7 Å². The van der Waals surface area contributed by atoms with E-state index in [9.17, 15) is 36.6 Å². The van der Waals surface area contributed by atoms with Gasteiger partial charge in [-0.05, 0) is 56.3 Å². The number of pyridine rings is 1. The van der Waals surface area contributed by atoms with E-state index in [0.29, 0.717) is 6.07 Å². The zero-order chi connectivity index (χ0) is 27.2. The van der Waals surface area contributed by atoms with Gasteiger partial charge in [0.05, 0.1) is 22.7 Å². The minimum atomic E-state index is -4.82. The Bertz CT molecular complexity index is 1620. The molecular weight excluding hydrogens is 523 g/mol. The summed E-state index contributed by atoms with van der Waals surface area (Å²) in [7, 11) is 0. The minimum absolute atomic E-state index is 0.00285. The summed E-state index contributed by atoms with van der Waals surface area (Å²) in [6.45, 7) is 2.72. The Morgan fingerprint density at radius 2 is 1.81 bits per heavy atom. The molecule has 2 N–H and O–H groups in total. The second kappa shape index (κ2) is 9.47. The van der Waals surface area contributed by atoms with Gasteiger partial charge < -0.3 is 14.8 Å². The van der Waals surface area contributed by atoms with Crippen molar-refractivity contribution in [2.45, 2.75) is 26.1 Å². The van der Waals surface area contributed by atoms with E-state index in [1.165, 1.54) is 32.0 Å². The van der Waals surface area contributed by atoms with Crippen LogP contribution >= 0.6 is 11.6 Å². The summed E-state index contributed by atoms with van der Waals surface area (Å²) < 4.78 is 74.4. The fourth-order valence-electron chi connectivity index (χ4n) is 3.84. The maximum Gasteiger partial charge on any atom is 0.416 e. The Labute approximate surface area is 210 Å². The number of carboxylic acids is 1. The number of nitrogens with one attached hydrogen (secondary N) is 1. The molecule has 0 aliphatic rings. The number of fused-ring (bicyclic) bond motifs is 1. The summed E-state index contributed by atoms with van der Waals surface area (Å²) in [6, 6.07) is 5.73. The van der Waals surface area contributed by atoms with Gasteiger partial charge in [0, 0.05) is 16.7 Å². The number of carbonyl (C=O) groups is 1. The quantitative estimate of drug-likeness (QED) is 0.210. The van der Waals surface area contributed by atoms with Crippen LogP contribution in [0.5, 0.6) is 0 Å². The Hall–Kier alpha value is -3.99. The number of carboxylic acid groups (broad SMARTS) is 1. The van der Waals surface area contributed by atoms with Crippen molar-refractivity contribution < 1.29 is 36.3 Å². The maximum atomic E-state index is 13.9. The molecule has 2 aromatic heterocycles. The molecule has 0 unspecified atom stereocenters. The second-order valence-corrected chi connectivity index (χ2v) is 8.54. The Morgan fingerprint density at radius 1 is 1.11 bits per heavy atom. The summed E-state index contributed by atoms with van der Waals surface area (Å²) in [6.07, 6.45) is -4.82. The highest BCUT2D eigenvalue weighted by Gasteiger charge is 2.33. The van der Waals surface area contributed by atoms with E-state index in [1.807, 2.05) is 0 Å². The van der Waals surface area contributed by atoms with E-state index < -0.39 is 51.9 Å². The molecule has 0 saturated heterocycles. The standard InChI is InChI=1S/C25H16ClF5N2O4/c1-10-21(34)15-9-13(25(29,30)31)8-14(11(2)32-18-5-6-19(26)33-20(18)24(35)36)23(15)37-22(10)12-3-4-16(27)17(28)7-12/h3-9,11,32H,1-2H3,(H,35,36)/t11-/m1/s1. The van der Waals surface area contributed by atoms with Gasteiger partial charge >= 0.3 is 12.1 Å². The molecule has 0 saturated carbocycles. The lowest BCUT2D eigenvalue weighted by atomic mass is 9.98. The number of aromatic nitrogens is 1. The van der Waals surface area contributed by atoms with E-state index in [4.69, 9.17) is 16.0 Å². The maximum absolute atomic E-state index is 13.9. The van der Waals surface area contributed by atoms with E-state index in [0.717, 1.165) is 18.2 Å². The zero-order valence-electron chi connectivity index (χ0n) is 19.0. The van der Waals surface area contributed by atoms with Gasteiger partial charge in [0.15, 0.2) is 22.8 Å². The van der Waals surface area contributed by atoms with Crippen LogP contribution in [0.4, 0.5) is 27.6 Å². The summed E-state index contributed by atoms with van der Waals surface area (Å²) in [5.41, 5.74) is -2.97. The lowest BCUT2D eigenvalue weighted by Gasteiger charge is -2.20. The Morgan fingerprint density at radius 3 is 2.43 bits per heavy atom. The average Bonchev–Trinajstić information content (AvgIpc) is 2.82. The fraction of sp³-hybridized carbons (Fsp3) is 0.160. The highest BCUT2D eigenvalue weighted by atomic mass is 35.5. The summed E-state index contributed by atoms with van der Waals surface area (Å²) in [5, 5.41) is 11.7. The largest absolute Gasteiger partial charge is 0.476 e. The van der Waals surface area contributed by atoms with Crippen LogP contribution in [0.2, 0.25) is 5.15 Å². The first-order valence-electron chi connectivity index (χ1n) is 10.6. The van der Waals surface area contributed by atoms with Gasteiger partial charge in [-0.2, -0.15) is 13.2 Å². The van der Waals surface area contributed by atoms with Crippen LogP contribution in [0.3, 0.4) is 0 Å². The van der Waals surface area contributed by atoms with Crippen molar-refractivity contribution in [3.8, 4) is 11.3 Å². The van der Waals surface area contributed by atoms with Crippen molar-refractivity contribution in [3.05, 3.63) is 91.9 Å². The van der Waals surface area contributed by atoms with Crippen LogP contribution in [0, 0.1) is 18.6 Å². The molecule has 1 atom stereocenters. The lowest BCUT2D eigenvalue weighted by Crippen LogP contribution is -2.16. The zero-order valence-corrected chi connectivity index (χ0v) is 19.8. The number of nitrogens with zero attached hydrogens (tertiary/aromatic N) is 1. The Balaban J connectivity index is 1.97. The molecule has 0 amide bonds. The molecule has 4 rings (SSSR count). The van der Waals surface area contributed by atoms with Crippen molar-refractivity contribution in [3.63, 3.8) is 0 Å². The number of alkyl halides is 3. The van der Waals surface area contributed by atoms with Gasteiger partial charge in [0.1, 0.15) is 16.5 Å². The molecule has 37 heavy (non-hydrogen) atoms. The smallest absolute Gasteiger partial charge is 0.416 e. The van der Waals surface area contributed by atoms with E-state index in [2.05, 4.69) is 10.3 Å². The molecule has 2 aromatic carbocycles. The summed E-state index contributed by atoms with van der Waals surface area (Å²) >= 11 is 5.77. The first kappa shape index (κ1) is 26.1. The predicted octanol–water partition coefficient (Wildman–Crippen LogP) is 6.99. The van der Waals surface area contributed by atoms with Gasteiger partial charge in [-0.15, -0.1) is 0 Å². The highest BCUT2D eigenvalue weighted by molar-refractivity contribution is 6.29. The van der Waals surface area contributed by atoms with Crippen LogP contribution in [-0.2, 0) is 6.18 Å². The van der Waals surface area contributed by atoms with Crippen molar-refractivity contribution in [2.75, 3.05) is 5.32 Å². The van der Waals surface area contributed by atoms with Crippen molar-refractivity contribution in [2.24, 2.45) is 0 Å². The van der Waals surface area contributed by atoms with Gasteiger partial charge in [0.25, 0.3) is 0 Å². The van der Waals surface area contributed by atoms with E-state index in [-0.39, 0.29) is 38.9 Å². The van der Waals surface area contributed by atoms with Gasteiger partial charge in [-0.25, -0.2) is 18.6 Å². The molecular formula is C25H16ClF5N2O4. The van der Waals surface area contributed by atoms with Crippen LogP contribution in [-0.4, -0.2) is 16.1 Å². The third kappa shape index (κ3) is 4.99. The number of anilines is 1. The first-order valence-corrected chi connectivity index (χ1v) is 11.0. The monoisotopic (exact) mass is 538 g/mol. The third-order valence-corrected chi connectivity index (χ3v) is 5.87. The molecule has 0 fully saturated rings. The van der Waals surface area contributed by atoms with Crippen LogP contribution in [0.25, 0.3) is 22.3 Å². The lowest BCUT2D eigenvalue weighted by molar-refractivity contribution is -0.137. The molecule has 6 nitrogen and oxygen atoms in total. The molecule has 0 spiro atoms. The predicted molar refractivity (Wildman–Crippen MR) is 126 cm³/mol. The second-order valence-electron chi connectivity index (χ2n) is 8.16. The van der Waals surface area contributed by atoms with E-state index >= 15 is 0 Å². The van der Waals surface area contributed by atoms with Crippen LogP contribution in [0.1, 0.15) is 40.1 Å². The van der Waals surface area contributed by atoms with Gasteiger partial charge in [0.2, 0.25) is 0 Å². The molecule has 192 valence electrons. The molecule has 0 radical (unpaired) electrons. The molecule has 0 bridgehead atoms. The number of hydrogen-bond acceptors (Lipinski definition) is 5. The van der Waals surface area contributed by atoms with Gasteiger partial charge in [-0.3, -0.25) is 4.79 Å². The number of benzene rings is 2. The van der Waals surface area contributed by atoms with Gasteiger partial charge in [-0.1, -0.05) is 11.6 Å². The van der Waals surface area contributed by atoms with Crippen molar-refractivity contribution >= 4 is 34.2 Å². The van der Waals surface area contributed by atoms with Crippen LogP contribution < -0.4 is 10.7 Å². The number of aromatic carboxylic acids is 1. The SMILES string of the molecule is Cc1c(-c2ccc(F)c(F)c2)oc2c([C@@H](C)Nc3ccc(Cl)nc3C(=O)O)cc(C(F)(F)F)cc2c1=O. The average molecular weight is 539 g/mol. The first-order chi connectivity index (χ1) is 17.3. The molecule has 0 aliphatic heterocycles. The topological polar surface area (TPSA) is 92.4 Å². The molecule has 4 aromatic rings. The van der Waals surface area contributed by atoms with Crippen molar-refractivity contribution in [1.29, 1.82) is 0 Å². The Kier molecular flexibility index (Phi) is 6.68.